The standard InChI is InChI=1S/C21H22ClN5O3S/c1-4-17-24-25-21-27(17)26-18(12-9-10-15(29-2)13(22)11-12)19(31-21)20(28)23-14-7-5-6-8-16(14)30-3/h5-11,18-19,26H,4H2,1-3H3,(H,23,28)/t18-,19-/m0/s1. The van der Waals surface area contributed by atoms with Gasteiger partial charge in [0, 0.05) is 6.42 Å². The molecular weight excluding hydrogens is 438 g/mol. The molecule has 1 amide bonds. The number of hydrogen-bond acceptors (Lipinski definition) is 7. The van der Waals surface area contributed by atoms with Crippen LogP contribution in [0.15, 0.2) is 47.6 Å². The van der Waals surface area contributed by atoms with Crippen molar-refractivity contribution in [2.45, 2.75) is 29.8 Å². The predicted octanol–water partition coefficient (Wildman–Crippen LogP) is 3.91. The van der Waals surface area contributed by atoms with Crippen LogP contribution in [0.25, 0.3) is 0 Å². The molecule has 31 heavy (non-hydrogen) atoms. The maximum Gasteiger partial charge on any atom is 0.240 e. The van der Waals surface area contributed by atoms with Crippen molar-refractivity contribution in [3.63, 3.8) is 0 Å². The molecule has 0 saturated heterocycles. The van der Waals surface area contributed by atoms with E-state index in [1.54, 1.807) is 32.4 Å². The highest BCUT2D eigenvalue weighted by Gasteiger charge is 2.38. The summed E-state index contributed by atoms with van der Waals surface area (Å²) in [5, 5.41) is 12.0. The number of methoxy groups -OCH3 is 2. The van der Waals surface area contributed by atoms with Gasteiger partial charge in [0.25, 0.3) is 0 Å². The number of carbonyl (C=O) groups is 1. The molecule has 0 spiro atoms. The van der Waals surface area contributed by atoms with Crippen molar-refractivity contribution < 1.29 is 14.3 Å². The lowest BCUT2D eigenvalue weighted by molar-refractivity contribution is -0.116. The van der Waals surface area contributed by atoms with E-state index >= 15 is 0 Å². The minimum Gasteiger partial charge on any atom is -0.495 e. The number of fused-ring (bicyclic) bond motifs is 1. The maximum absolute atomic E-state index is 13.4. The van der Waals surface area contributed by atoms with Crippen molar-refractivity contribution in [1.29, 1.82) is 0 Å². The molecule has 162 valence electrons. The molecule has 0 aliphatic carbocycles. The fraction of sp³-hybridized carbons (Fsp3) is 0.286. The summed E-state index contributed by atoms with van der Waals surface area (Å²) >= 11 is 7.73. The van der Waals surface area contributed by atoms with Gasteiger partial charge in [0.1, 0.15) is 16.7 Å². The van der Waals surface area contributed by atoms with Crippen LogP contribution in [0.5, 0.6) is 11.5 Å². The monoisotopic (exact) mass is 459 g/mol. The van der Waals surface area contributed by atoms with Crippen molar-refractivity contribution in [3.05, 3.63) is 58.9 Å². The van der Waals surface area contributed by atoms with Crippen LogP contribution in [0.1, 0.15) is 24.4 Å². The highest BCUT2D eigenvalue weighted by molar-refractivity contribution is 8.00. The second-order valence-electron chi connectivity index (χ2n) is 6.82. The summed E-state index contributed by atoms with van der Waals surface area (Å²) in [6, 6.07) is 12.4. The number of halogens is 1. The van der Waals surface area contributed by atoms with Crippen LogP contribution in [0.2, 0.25) is 5.02 Å². The van der Waals surface area contributed by atoms with E-state index in [2.05, 4.69) is 20.9 Å². The Hall–Kier alpha value is -2.91. The summed E-state index contributed by atoms with van der Waals surface area (Å²) in [5.74, 6) is 1.76. The van der Waals surface area contributed by atoms with Gasteiger partial charge in [-0.15, -0.1) is 10.2 Å². The van der Waals surface area contributed by atoms with Crippen molar-refractivity contribution in [3.8, 4) is 11.5 Å². The molecular formula is C21H22ClN5O3S. The molecule has 0 bridgehead atoms. The fourth-order valence-corrected chi connectivity index (χ4v) is 4.77. The summed E-state index contributed by atoms with van der Waals surface area (Å²) in [6.07, 6.45) is 0.703. The van der Waals surface area contributed by atoms with E-state index in [-0.39, 0.29) is 11.9 Å². The topological polar surface area (TPSA) is 90.3 Å². The summed E-state index contributed by atoms with van der Waals surface area (Å²) in [4.78, 5) is 13.4. The smallest absolute Gasteiger partial charge is 0.240 e. The lowest BCUT2D eigenvalue weighted by Gasteiger charge is -2.33. The quantitative estimate of drug-likeness (QED) is 0.577. The van der Waals surface area contributed by atoms with Crippen LogP contribution < -0.4 is 20.2 Å². The molecule has 1 aliphatic rings. The molecule has 3 aromatic rings. The first-order valence-electron chi connectivity index (χ1n) is 9.70. The molecule has 0 fully saturated rings. The molecule has 0 radical (unpaired) electrons. The number of benzene rings is 2. The molecule has 4 rings (SSSR count). The van der Waals surface area contributed by atoms with Crippen LogP contribution >= 0.6 is 23.4 Å². The average molecular weight is 460 g/mol. The minimum atomic E-state index is -0.532. The Balaban J connectivity index is 1.70. The summed E-state index contributed by atoms with van der Waals surface area (Å²) < 4.78 is 12.5. The second-order valence-corrected chi connectivity index (χ2v) is 8.33. The van der Waals surface area contributed by atoms with Gasteiger partial charge < -0.3 is 20.2 Å². The van der Waals surface area contributed by atoms with Crippen molar-refractivity contribution in [2.24, 2.45) is 0 Å². The highest BCUT2D eigenvalue weighted by atomic mass is 35.5. The number of aromatic nitrogens is 3. The third-order valence-electron chi connectivity index (χ3n) is 4.98. The number of carbonyl (C=O) groups excluding carboxylic acids is 1. The number of aryl methyl sites for hydroxylation is 1. The Morgan fingerprint density at radius 2 is 1.97 bits per heavy atom. The average Bonchev–Trinajstić information content (AvgIpc) is 3.20. The summed E-state index contributed by atoms with van der Waals surface area (Å²) in [6.45, 7) is 2.00. The number of para-hydroxylation sites is 2. The van der Waals surface area contributed by atoms with Crippen molar-refractivity contribution >= 4 is 35.0 Å². The van der Waals surface area contributed by atoms with E-state index in [1.807, 2.05) is 35.9 Å². The van der Waals surface area contributed by atoms with Gasteiger partial charge in [-0.2, -0.15) is 0 Å². The van der Waals surface area contributed by atoms with E-state index < -0.39 is 5.25 Å². The van der Waals surface area contributed by atoms with Crippen LogP contribution in [-0.2, 0) is 11.2 Å². The molecule has 2 heterocycles. The minimum absolute atomic E-state index is 0.189. The molecule has 2 N–H and O–H groups in total. The maximum atomic E-state index is 13.4. The van der Waals surface area contributed by atoms with E-state index in [0.717, 1.165) is 11.4 Å². The Morgan fingerprint density at radius 1 is 1.19 bits per heavy atom. The second kappa shape index (κ2) is 9.07. The van der Waals surface area contributed by atoms with Gasteiger partial charge >= 0.3 is 0 Å². The zero-order valence-corrected chi connectivity index (χ0v) is 18.8. The lowest BCUT2D eigenvalue weighted by Crippen LogP contribution is -2.41. The van der Waals surface area contributed by atoms with Crippen molar-refractivity contribution in [2.75, 3.05) is 25.0 Å². The Morgan fingerprint density at radius 3 is 2.68 bits per heavy atom. The number of nitrogens with zero attached hydrogens (tertiary/aromatic N) is 3. The molecule has 1 aliphatic heterocycles. The number of amides is 1. The Bertz CT molecular complexity index is 1110. The van der Waals surface area contributed by atoms with Crippen LogP contribution in [0.4, 0.5) is 5.69 Å². The van der Waals surface area contributed by atoms with Crippen molar-refractivity contribution in [1.82, 2.24) is 14.9 Å². The number of ether oxygens (including phenoxy) is 2. The van der Waals surface area contributed by atoms with Gasteiger partial charge in [0.05, 0.1) is 31.0 Å². The first-order valence-corrected chi connectivity index (χ1v) is 11.0. The molecule has 0 saturated carbocycles. The number of thioether (sulfide) groups is 1. The van der Waals surface area contributed by atoms with Gasteiger partial charge in [-0.3, -0.25) is 4.79 Å². The van der Waals surface area contributed by atoms with Crippen LogP contribution in [0.3, 0.4) is 0 Å². The number of rotatable bonds is 6. The number of anilines is 1. The Labute approximate surface area is 189 Å². The molecule has 2 atom stereocenters. The molecule has 10 heteroatoms. The normalized spacial score (nSPS) is 17.4. The highest BCUT2D eigenvalue weighted by Crippen LogP contribution is 2.39. The summed E-state index contributed by atoms with van der Waals surface area (Å²) in [5.41, 5.74) is 4.85. The predicted molar refractivity (Wildman–Crippen MR) is 121 cm³/mol. The van der Waals surface area contributed by atoms with Gasteiger partial charge in [-0.1, -0.05) is 48.5 Å². The van der Waals surface area contributed by atoms with Crippen LogP contribution in [0, 0.1) is 0 Å². The van der Waals surface area contributed by atoms with Gasteiger partial charge in [-0.05, 0) is 29.8 Å². The number of hydrogen-bond donors (Lipinski definition) is 2. The third kappa shape index (κ3) is 4.15. The van der Waals surface area contributed by atoms with E-state index in [0.29, 0.717) is 33.8 Å². The zero-order valence-electron chi connectivity index (χ0n) is 17.3. The zero-order chi connectivity index (χ0) is 22.0. The van der Waals surface area contributed by atoms with E-state index in [9.17, 15) is 4.79 Å². The molecule has 2 aromatic carbocycles. The third-order valence-corrected chi connectivity index (χ3v) is 6.49. The largest absolute Gasteiger partial charge is 0.495 e. The summed E-state index contributed by atoms with van der Waals surface area (Å²) in [7, 11) is 3.13. The molecule has 8 nitrogen and oxygen atoms in total. The first-order chi connectivity index (χ1) is 15.0. The molecule has 1 aromatic heterocycles. The molecule has 0 unspecified atom stereocenters. The first kappa shape index (κ1) is 21.3. The SMILES string of the molecule is CCc1nnc2n1N[C@@H](c1ccc(OC)c(Cl)c1)[C@@H](C(=O)Nc1ccccc1OC)S2. The fourth-order valence-electron chi connectivity index (χ4n) is 3.41. The van der Waals surface area contributed by atoms with E-state index in [4.69, 9.17) is 21.1 Å². The van der Waals surface area contributed by atoms with Gasteiger partial charge in [0.2, 0.25) is 11.1 Å². The van der Waals surface area contributed by atoms with Gasteiger partial charge in [-0.25, -0.2) is 4.68 Å². The lowest BCUT2D eigenvalue weighted by atomic mass is 10.0. The van der Waals surface area contributed by atoms with E-state index in [1.165, 1.54) is 11.8 Å². The Kier molecular flexibility index (Phi) is 6.24. The van der Waals surface area contributed by atoms with Gasteiger partial charge in [0.15, 0.2) is 5.82 Å². The number of nitrogens with one attached hydrogen (secondary N) is 2. The van der Waals surface area contributed by atoms with Crippen LogP contribution in [-0.4, -0.2) is 40.3 Å².